The molecule has 0 aromatic heterocycles. The van der Waals surface area contributed by atoms with Gasteiger partial charge in [-0.1, -0.05) is 29.3 Å². The van der Waals surface area contributed by atoms with Gasteiger partial charge in [0.2, 0.25) is 0 Å². The van der Waals surface area contributed by atoms with Crippen LogP contribution in [0, 0.1) is 0 Å². The number of ether oxygens (including phenoxy) is 1. The Morgan fingerprint density at radius 2 is 2.07 bits per heavy atom. The molecule has 2 rings (SSSR count). The lowest BCUT2D eigenvalue weighted by atomic mass is 9.98. The van der Waals surface area contributed by atoms with Crippen molar-refractivity contribution in [1.82, 2.24) is 0 Å². The van der Waals surface area contributed by atoms with Gasteiger partial charge in [-0.2, -0.15) is 0 Å². The van der Waals surface area contributed by atoms with Crippen molar-refractivity contribution < 1.29 is 9.53 Å². The van der Waals surface area contributed by atoms with Crippen LogP contribution in [0.1, 0.15) is 17.9 Å². The summed E-state index contributed by atoms with van der Waals surface area (Å²) in [7, 11) is 0. The first-order chi connectivity index (χ1) is 6.68. The zero-order valence-electron chi connectivity index (χ0n) is 7.30. The maximum Gasteiger partial charge on any atom is 0.313 e. The maximum absolute atomic E-state index is 11.3. The second-order valence-electron chi connectivity index (χ2n) is 3.18. The molecular weight excluding hydrogens is 223 g/mol. The first-order valence-corrected chi connectivity index (χ1v) is 5.05. The van der Waals surface area contributed by atoms with Crippen LogP contribution < -0.4 is 0 Å². The number of rotatable bonds is 1. The molecule has 0 radical (unpaired) electrons. The number of hydrogen-bond acceptors (Lipinski definition) is 2. The molecule has 4 heteroatoms. The van der Waals surface area contributed by atoms with Gasteiger partial charge in [0.05, 0.1) is 22.6 Å². The fourth-order valence-electron chi connectivity index (χ4n) is 1.53. The summed E-state index contributed by atoms with van der Waals surface area (Å²) in [5, 5.41) is 0.977. The van der Waals surface area contributed by atoms with Crippen molar-refractivity contribution in [2.24, 2.45) is 0 Å². The molecule has 1 aromatic rings. The average Bonchev–Trinajstić information content (AvgIpc) is 2.57. The van der Waals surface area contributed by atoms with Crippen LogP contribution in [0.2, 0.25) is 10.0 Å². The minimum absolute atomic E-state index is 0.176. The van der Waals surface area contributed by atoms with Crippen molar-refractivity contribution in [3.63, 3.8) is 0 Å². The molecule has 74 valence electrons. The summed E-state index contributed by atoms with van der Waals surface area (Å²) in [4.78, 5) is 11.3. The van der Waals surface area contributed by atoms with Crippen LogP contribution in [-0.4, -0.2) is 12.6 Å². The number of carbonyl (C=O) groups excluding carboxylic acids is 1. The molecule has 14 heavy (non-hydrogen) atoms. The van der Waals surface area contributed by atoms with Crippen LogP contribution in [0.25, 0.3) is 0 Å². The van der Waals surface area contributed by atoms with Crippen LogP contribution in [0.4, 0.5) is 0 Å². The third-order valence-corrected chi connectivity index (χ3v) is 3.02. The van der Waals surface area contributed by atoms with Gasteiger partial charge in [-0.05, 0) is 24.1 Å². The van der Waals surface area contributed by atoms with E-state index in [0.29, 0.717) is 16.7 Å². The molecule has 0 N–H and O–H groups in total. The standard InChI is InChI=1S/C10H8Cl2O2/c11-8-2-1-6(5-9(8)12)7-3-4-14-10(7)13/h1-2,5,7H,3-4H2/t7-/m1/s1. The molecule has 1 aromatic carbocycles. The molecular formula is C10H8Cl2O2. The number of carbonyl (C=O) groups is 1. The predicted molar refractivity (Wildman–Crippen MR) is 54.8 cm³/mol. The molecule has 1 atom stereocenters. The smallest absolute Gasteiger partial charge is 0.313 e. The Bertz CT molecular complexity index is 376. The third kappa shape index (κ3) is 1.72. The third-order valence-electron chi connectivity index (χ3n) is 2.28. The van der Waals surface area contributed by atoms with Crippen molar-refractivity contribution in [2.45, 2.75) is 12.3 Å². The van der Waals surface area contributed by atoms with Crippen LogP contribution in [0.15, 0.2) is 18.2 Å². The lowest BCUT2D eigenvalue weighted by Gasteiger charge is -2.06. The van der Waals surface area contributed by atoms with Crippen molar-refractivity contribution >= 4 is 29.2 Å². The van der Waals surface area contributed by atoms with Gasteiger partial charge in [0, 0.05) is 0 Å². The van der Waals surface area contributed by atoms with E-state index in [9.17, 15) is 4.79 Å². The zero-order chi connectivity index (χ0) is 10.1. The molecule has 1 aliphatic heterocycles. The molecule has 1 heterocycles. The Morgan fingerprint density at radius 1 is 1.29 bits per heavy atom. The minimum atomic E-state index is -0.177. The first kappa shape index (κ1) is 9.81. The molecule has 0 aliphatic carbocycles. The molecule has 0 bridgehead atoms. The van der Waals surface area contributed by atoms with Gasteiger partial charge >= 0.3 is 5.97 Å². The van der Waals surface area contributed by atoms with E-state index >= 15 is 0 Å². The summed E-state index contributed by atoms with van der Waals surface area (Å²) < 4.78 is 4.87. The molecule has 0 amide bonds. The van der Waals surface area contributed by atoms with Gasteiger partial charge in [-0.25, -0.2) is 0 Å². The Balaban J connectivity index is 2.32. The highest BCUT2D eigenvalue weighted by molar-refractivity contribution is 6.42. The van der Waals surface area contributed by atoms with Gasteiger partial charge < -0.3 is 4.74 Å². The molecule has 1 saturated heterocycles. The quantitative estimate of drug-likeness (QED) is 0.694. The number of esters is 1. The van der Waals surface area contributed by atoms with Crippen molar-refractivity contribution in [2.75, 3.05) is 6.61 Å². The normalized spacial score (nSPS) is 21.0. The Labute approximate surface area is 91.8 Å². The fourth-order valence-corrected chi connectivity index (χ4v) is 1.83. The summed E-state index contributed by atoms with van der Waals surface area (Å²) in [6.45, 7) is 0.490. The molecule has 0 spiro atoms. The zero-order valence-corrected chi connectivity index (χ0v) is 8.81. The number of benzene rings is 1. The largest absolute Gasteiger partial charge is 0.465 e. The highest BCUT2D eigenvalue weighted by atomic mass is 35.5. The van der Waals surface area contributed by atoms with Crippen LogP contribution in [-0.2, 0) is 9.53 Å². The Kier molecular flexibility index (Phi) is 2.66. The van der Waals surface area contributed by atoms with E-state index in [-0.39, 0.29) is 11.9 Å². The van der Waals surface area contributed by atoms with E-state index in [0.717, 1.165) is 12.0 Å². The van der Waals surface area contributed by atoms with Gasteiger partial charge in [0.15, 0.2) is 0 Å². The van der Waals surface area contributed by atoms with Gasteiger partial charge in [-0.3, -0.25) is 4.79 Å². The Hall–Kier alpha value is -0.730. The van der Waals surface area contributed by atoms with Crippen molar-refractivity contribution in [3.8, 4) is 0 Å². The summed E-state index contributed by atoms with van der Waals surface area (Å²) in [6.07, 6.45) is 0.719. The predicted octanol–water partition coefficient (Wildman–Crippen LogP) is 3.02. The second kappa shape index (κ2) is 3.79. The number of cyclic esters (lactones) is 1. The van der Waals surface area contributed by atoms with E-state index in [1.807, 2.05) is 6.07 Å². The summed E-state index contributed by atoms with van der Waals surface area (Å²) >= 11 is 11.6. The maximum atomic E-state index is 11.3. The van der Waals surface area contributed by atoms with Crippen molar-refractivity contribution in [3.05, 3.63) is 33.8 Å². The van der Waals surface area contributed by atoms with Crippen LogP contribution >= 0.6 is 23.2 Å². The summed E-state index contributed by atoms with van der Waals surface area (Å²) in [6, 6.07) is 5.23. The highest BCUT2D eigenvalue weighted by Crippen LogP contribution is 2.31. The summed E-state index contributed by atoms with van der Waals surface area (Å²) in [5.74, 6) is -0.354. The topological polar surface area (TPSA) is 26.3 Å². The second-order valence-corrected chi connectivity index (χ2v) is 4.00. The fraction of sp³-hybridized carbons (Fsp3) is 0.300. The number of halogens is 2. The van der Waals surface area contributed by atoms with E-state index < -0.39 is 0 Å². The Morgan fingerprint density at radius 3 is 2.64 bits per heavy atom. The van der Waals surface area contributed by atoms with Gasteiger partial charge in [0.25, 0.3) is 0 Å². The van der Waals surface area contributed by atoms with Gasteiger partial charge in [-0.15, -0.1) is 0 Å². The number of hydrogen-bond donors (Lipinski definition) is 0. The van der Waals surface area contributed by atoms with E-state index in [2.05, 4.69) is 0 Å². The minimum Gasteiger partial charge on any atom is -0.465 e. The average molecular weight is 231 g/mol. The first-order valence-electron chi connectivity index (χ1n) is 4.30. The summed E-state index contributed by atoms with van der Waals surface area (Å²) in [5.41, 5.74) is 0.877. The lowest BCUT2D eigenvalue weighted by molar-refractivity contribution is -0.139. The van der Waals surface area contributed by atoms with Crippen LogP contribution in [0.5, 0.6) is 0 Å². The monoisotopic (exact) mass is 230 g/mol. The van der Waals surface area contributed by atoms with E-state index in [4.69, 9.17) is 27.9 Å². The van der Waals surface area contributed by atoms with Crippen molar-refractivity contribution in [1.29, 1.82) is 0 Å². The molecule has 0 unspecified atom stereocenters. The molecule has 1 aliphatic rings. The van der Waals surface area contributed by atoms with E-state index in [1.54, 1.807) is 12.1 Å². The molecule has 0 saturated carbocycles. The van der Waals surface area contributed by atoms with Crippen LogP contribution in [0.3, 0.4) is 0 Å². The SMILES string of the molecule is O=C1OCC[C@@H]1c1ccc(Cl)c(Cl)c1. The highest BCUT2D eigenvalue weighted by Gasteiger charge is 2.28. The lowest BCUT2D eigenvalue weighted by Crippen LogP contribution is -2.05. The van der Waals surface area contributed by atoms with E-state index in [1.165, 1.54) is 0 Å². The van der Waals surface area contributed by atoms with Gasteiger partial charge in [0.1, 0.15) is 0 Å². The molecule has 1 fully saturated rings. The molecule has 2 nitrogen and oxygen atoms in total.